The Balaban J connectivity index is 1.88. The smallest absolute Gasteiger partial charge is 0.231 e. The molecule has 4 heteroatoms. The number of methoxy groups -OCH3 is 1. The Morgan fingerprint density at radius 1 is 1.10 bits per heavy atom. The van der Waals surface area contributed by atoms with Crippen LogP contribution in [0.1, 0.15) is 11.1 Å². The van der Waals surface area contributed by atoms with E-state index in [0.717, 1.165) is 32.8 Å². The van der Waals surface area contributed by atoms with Crippen LogP contribution in [0.5, 0.6) is 17.2 Å². The number of halogens is 1. The van der Waals surface area contributed by atoms with Gasteiger partial charge in [0.1, 0.15) is 5.75 Å². The summed E-state index contributed by atoms with van der Waals surface area (Å²) in [6, 6.07) is 11.8. The van der Waals surface area contributed by atoms with E-state index in [2.05, 4.69) is 15.9 Å². The summed E-state index contributed by atoms with van der Waals surface area (Å²) in [6.45, 7) is 0.283. The van der Waals surface area contributed by atoms with Gasteiger partial charge in [-0.25, -0.2) is 0 Å². The highest BCUT2D eigenvalue weighted by Crippen LogP contribution is 2.37. The molecule has 0 spiro atoms. The summed E-state index contributed by atoms with van der Waals surface area (Å²) >= 11 is 3.54. The molecule has 0 aliphatic carbocycles. The van der Waals surface area contributed by atoms with Crippen LogP contribution in [0, 0.1) is 0 Å². The zero-order valence-electron chi connectivity index (χ0n) is 10.9. The monoisotopic (exact) mass is 332 g/mol. The zero-order valence-corrected chi connectivity index (χ0v) is 12.5. The van der Waals surface area contributed by atoms with Crippen LogP contribution in [0.15, 0.2) is 40.9 Å². The molecule has 2 aromatic rings. The molecule has 1 aliphatic heterocycles. The second-order valence-electron chi connectivity index (χ2n) is 4.34. The molecular weight excluding hydrogens is 320 g/mol. The quantitative estimate of drug-likeness (QED) is 0.782. The fraction of sp³-hybridized carbons (Fsp3) is 0.125. The van der Waals surface area contributed by atoms with E-state index in [0.29, 0.717) is 0 Å². The highest BCUT2D eigenvalue weighted by molar-refractivity contribution is 9.10. The van der Waals surface area contributed by atoms with Gasteiger partial charge in [0.2, 0.25) is 6.79 Å². The third-order valence-electron chi connectivity index (χ3n) is 3.04. The fourth-order valence-electron chi connectivity index (χ4n) is 1.99. The lowest BCUT2D eigenvalue weighted by Gasteiger charge is -2.03. The van der Waals surface area contributed by atoms with Gasteiger partial charge in [-0.2, -0.15) is 0 Å². The Hall–Kier alpha value is -1.94. The third kappa shape index (κ3) is 2.65. The van der Waals surface area contributed by atoms with Crippen molar-refractivity contribution in [3.8, 4) is 17.2 Å². The number of benzene rings is 2. The molecule has 0 saturated carbocycles. The van der Waals surface area contributed by atoms with Crippen LogP contribution in [-0.4, -0.2) is 13.9 Å². The fourth-order valence-corrected chi connectivity index (χ4v) is 2.45. The summed E-state index contributed by atoms with van der Waals surface area (Å²) in [5, 5.41) is 0. The van der Waals surface area contributed by atoms with E-state index >= 15 is 0 Å². The minimum Gasteiger partial charge on any atom is -0.497 e. The van der Waals surface area contributed by atoms with E-state index < -0.39 is 0 Å². The van der Waals surface area contributed by atoms with Gasteiger partial charge in [-0.1, -0.05) is 40.2 Å². The van der Waals surface area contributed by atoms with E-state index in [4.69, 9.17) is 14.2 Å². The topological polar surface area (TPSA) is 27.7 Å². The number of rotatable bonds is 3. The van der Waals surface area contributed by atoms with Crippen molar-refractivity contribution < 1.29 is 14.2 Å². The Morgan fingerprint density at radius 2 is 1.90 bits per heavy atom. The highest BCUT2D eigenvalue weighted by Gasteiger charge is 2.15. The lowest BCUT2D eigenvalue weighted by Crippen LogP contribution is -1.92. The van der Waals surface area contributed by atoms with Gasteiger partial charge < -0.3 is 14.2 Å². The second kappa shape index (κ2) is 5.59. The number of fused-ring (bicyclic) bond motifs is 1. The van der Waals surface area contributed by atoms with Crippen LogP contribution < -0.4 is 14.2 Å². The maximum absolute atomic E-state index is 5.39. The van der Waals surface area contributed by atoms with Crippen LogP contribution in [0.4, 0.5) is 0 Å². The molecule has 0 atom stereocenters. The maximum atomic E-state index is 5.39. The summed E-state index contributed by atoms with van der Waals surface area (Å²) < 4.78 is 16.9. The van der Waals surface area contributed by atoms with Crippen molar-refractivity contribution in [2.45, 2.75) is 0 Å². The van der Waals surface area contributed by atoms with Gasteiger partial charge in [-0.15, -0.1) is 0 Å². The predicted octanol–water partition coefficient (Wildman–Crippen LogP) is 4.36. The molecule has 3 nitrogen and oxygen atoms in total. The van der Waals surface area contributed by atoms with Crippen molar-refractivity contribution in [2.24, 2.45) is 0 Å². The van der Waals surface area contributed by atoms with Gasteiger partial charge in [0.05, 0.1) is 7.11 Å². The van der Waals surface area contributed by atoms with Crippen molar-refractivity contribution in [1.82, 2.24) is 0 Å². The lowest BCUT2D eigenvalue weighted by molar-refractivity contribution is 0.174. The van der Waals surface area contributed by atoms with Crippen LogP contribution in [0.3, 0.4) is 0 Å². The lowest BCUT2D eigenvalue weighted by atomic mass is 10.1. The minimum atomic E-state index is 0.283. The van der Waals surface area contributed by atoms with Gasteiger partial charge in [0.15, 0.2) is 11.5 Å². The van der Waals surface area contributed by atoms with Crippen molar-refractivity contribution in [2.75, 3.05) is 13.9 Å². The molecule has 0 radical (unpaired) electrons. The molecule has 0 amide bonds. The summed E-state index contributed by atoms with van der Waals surface area (Å²) in [5.74, 6) is 2.39. The first-order valence-corrected chi connectivity index (χ1v) is 6.97. The van der Waals surface area contributed by atoms with E-state index in [-0.39, 0.29) is 6.79 Å². The normalized spacial score (nSPS) is 12.9. The first-order chi connectivity index (χ1) is 9.76. The van der Waals surface area contributed by atoms with Crippen molar-refractivity contribution >= 4 is 28.1 Å². The number of ether oxygens (including phenoxy) is 3. The highest BCUT2D eigenvalue weighted by atomic mass is 79.9. The molecule has 1 heterocycles. The third-order valence-corrected chi connectivity index (χ3v) is 3.73. The molecule has 0 unspecified atom stereocenters. The maximum Gasteiger partial charge on any atom is 0.231 e. The van der Waals surface area contributed by atoms with Crippen molar-refractivity contribution in [3.05, 3.63) is 52.0 Å². The first kappa shape index (κ1) is 13.1. The van der Waals surface area contributed by atoms with E-state index in [1.807, 2.05) is 48.6 Å². The first-order valence-electron chi connectivity index (χ1n) is 6.17. The zero-order chi connectivity index (χ0) is 13.9. The molecule has 0 bridgehead atoms. The van der Waals surface area contributed by atoms with Gasteiger partial charge >= 0.3 is 0 Å². The number of hydrogen-bond acceptors (Lipinski definition) is 3. The van der Waals surface area contributed by atoms with Crippen LogP contribution in [-0.2, 0) is 0 Å². The van der Waals surface area contributed by atoms with E-state index in [1.54, 1.807) is 7.11 Å². The Morgan fingerprint density at radius 3 is 2.70 bits per heavy atom. The van der Waals surface area contributed by atoms with Gasteiger partial charge in [0, 0.05) is 4.47 Å². The number of hydrogen-bond donors (Lipinski definition) is 0. The van der Waals surface area contributed by atoms with Crippen LogP contribution in [0.25, 0.3) is 12.2 Å². The molecule has 102 valence electrons. The summed E-state index contributed by atoms with van der Waals surface area (Å²) in [5.41, 5.74) is 2.12. The molecular formula is C16H13BrO3. The van der Waals surface area contributed by atoms with Crippen molar-refractivity contribution in [1.29, 1.82) is 0 Å². The van der Waals surface area contributed by atoms with Gasteiger partial charge in [-0.3, -0.25) is 0 Å². The molecule has 0 aromatic heterocycles. The molecule has 20 heavy (non-hydrogen) atoms. The van der Waals surface area contributed by atoms with Crippen molar-refractivity contribution in [3.63, 3.8) is 0 Å². The SMILES string of the molecule is COc1cccc(/C=C/c2cc3c(cc2Br)OCO3)c1. The van der Waals surface area contributed by atoms with Crippen LogP contribution in [0.2, 0.25) is 0 Å². The molecule has 0 fully saturated rings. The summed E-state index contributed by atoms with van der Waals surface area (Å²) in [6.07, 6.45) is 4.06. The van der Waals surface area contributed by atoms with Gasteiger partial charge in [-0.05, 0) is 35.4 Å². The molecule has 1 aliphatic rings. The van der Waals surface area contributed by atoms with E-state index in [9.17, 15) is 0 Å². The summed E-state index contributed by atoms with van der Waals surface area (Å²) in [7, 11) is 1.66. The standard InChI is InChI=1S/C16H13BrO3/c1-18-13-4-2-3-11(7-13)5-6-12-8-15-16(9-14(12)17)20-10-19-15/h2-9H,10H2,1H3/b6-5+. The average molecular weight is 333 g/mol. The Bertz CT molecular complexity index is 665. The average Bonchev–Trinajstić information content (AvgIpc) is 2.92. The Kier molecular flexibility index (Phi) is 3.65. The van der Waals surface area contributed by atoms with E-state index in [1.165, 1.54) is 0 Å². The second-order valence-corrected chi connectivity index (χ2v) is 5.19. The Labute approximate surface area is 125 Å². The molecule has 2 aromatic carbocycles. The van der Waals surface area contributed by atoms with Gasteiger partial charge in [0.25, 0.3) is 0 Å². The molecule has 0 N–H and O–H groups in total. The minimum absolute atomic E-state index is 0.283. The van der Waals surface area contributed by atoms with Crippen LogP contribution >= 0.6 is 15.9 Å². The molecule has 0 saturated heterocycles. The predicted molar refractivity (Wildman–Crippen MR) is 82.2 cm³/mol. The summed E-state index contributed by atoms with van der Waals surface area (Å²) in [4.78, 5) is 0. The largest absolute Gasteiger partial charge is 0.497 e. The molecule has 3 rings (SSSR count).